The first-order valence-corrected chi connectivity index (χ1v) is 4.98. The summed E-state index contributed by atoms with van der Waals surface area (Å²) in [6, 6.07) is 0. The Hall–Kier alpha value is -1.07. The van der Waals surface area contributed by atoms with E-state index in [1.807, 2.05) is 6.92 Å². The van der Waals surface area contributed by atoms with Crippen molar-refractivity contribution in [2.75, 3.05) is 13.2 Å². The summed E-state index contributed by atoms with van der Waals surface area (Å²) in [7, 11) is 0. The zero-order chi connectivity index (χ0) is 11.3. The molecule has 0 aromatic heterocycles. The van der Waals surface area contributed by atoms with Gasteiger partial charge >= 0.3 is 5.97 Å². The summed E-state index contributed by atoms with van der Waals surface area (Å²) in [4.78, 5) is 11.5. The standard InChI is InChI=1S/C10H16O5/c1-4-12-6-8(9(11)13-5-2)10-14-7(3)15-10/h6-7,10H,4-5H2,1-3H3/b8-6-. The molecule has 0 N–H and O–H groups in total. The van der Waals surface area contributed by atoms with Gasteiger partial charge in [0.1, 0.15) is 5.57 Å². The van der Waals surface area contributed by atoms with Crippen molar-refractivity contribution in [1.29, 1.82) is 0 Å². The molecule has 5 nitrogen and oxygen atoms in total. The third-order valence-electron chi connectivity index (χ3n) is 1.77. The Morgan fingerprint density at radius 1 is 1.33 bits per heavy atom. The topological polar surface area (TPSA) is 54.0 Å². The SMILES string of the molecule is CCO/C=C(/C(=O)OCC)C1OC(C)O1. The zero-order valence-electron chi connectivity index (χ0n) is 9.19. The minimum atomic E-state index is -0.661. The van der Waals surface area contributed by atoms with Gasteiger partial charge in [-0.3, -0.25) is 0 Å². The largest absolute Gasteiger partial charge is 0.501 e. The van der Waals surface area contributed by atoms with E-state index in [4.69, 9.17) is 18.9 Å². The summed E-state index contributed by atoms with van der Waals surface area (Å²) in [5, 5.41) is 0. The fraction of sp³-hybridized carbons (Fsp3) is 0.700. The van der Waals surface area contributed by atoms with Gasteiger partial charge in [0.15, 0.2) is 12.6 Å². The molecule has 0 aromatic rings. The first-order chi connectivity index (χ1) is 7.19. The van der Waals surface area contributed by atoms with Gasteiger partial charge in [-0.15, -0.1) is 0 Å². The van der Waals surface area contributed by atoms with Crippen LogP contribution in [0.4, 0.5) is 0 Å². The van der Waals surface area contributed by atoms with E-state index in [2.05, 4.69) is 0 Å². The van der Waals surface area contributed by atoms with Crippen LogP contribution in [0.2, 0.25) is 0 Å². The molecule has 0 atom stereocenters. The Kier molecular flexibility index (Phi) is 4.58. The molecule has 1 heterocycles. The molecule has 0 saturated carbocycles. The van der Waals surface area contributed by atoms with Crippen molar-refractivity contribution in [1.82, 2.24) is 0 Å². The van der Waals surface area contributed by atoms with E-state index in [0.29, 0.717) is 13.2 Å². The van der Waals surface area contributed by atoms with Gasteiger partial charge in [-0.25, -0.2) is 4.79 Å². The van der Waals surface area contributed by atoms with Crippen LogP contribution in [-0.2, 0) is 23.7 Å². The van der Waals surface area contributed by atoms with Crippen molar-refractivity contribution in [3.05, 3.63) is 11.8 Å². The van der Waals surface area contributed by atoms with Crippen molar-refractivity contribution in [3.63, 3.8) is 0 Å². The van der Waals surface area contributed by atoms with E-state index in [-0.39, 0.29) is 11.9 Å². The maximum Gasteiger partial charge on any atom is 0.342 e. The molecule has 86 valence electrons. The molecule has 1 aliphatic rings. The molecule has 1 aliphatic heterocycles. The molecule has 15 heavy (non-hydrogen) atoms. The normalized spacial score (nSPS) is 25.7. The average molecular weight is 216 g/mol. The van der Waals surface area contributed by atoms with E-state index in [9.17, 15) is 4.79 Å². The lowest BCUT2D eigenvalue weighted by Crippen LogP contribution is -2.42. The Bertz CT molecular complexity index is 242. The van der Waals surface area contributed by atoms with Gasteiger partial charge in [0.25, 0.3) is 0 Å². The predicted octanol–water partition coefficient (Wildman–Crippen LogP) is 1.19. The summed E-state index contributed by atoms with van der Waals surface area (Å²) < 4.78 is 20.3. The second-order valence-electron chi connectivity index (χ2n) is 2.92. The Morgan fingerprint density at radius 2 is 2.00 bits per heavy atom. The Balaban J connectivity index is 2.57. The molecule has 0 unspecified atom stereocenters. The highest BCUT2D eigenvalue weighted by Gasteiger charge is 2.35. The predicted molar refractivity (Wildman–Crippen MR) is 51.8 cm³/mol. The van der Waals surface area contributed by atoms with Crippen molar-refractivity contribution >= 4 is 5.97 Å². The second-order valence-corrected chi connectivity index (χ2v) is 2.92. The molecular weight excluding hydrogens is 200 g/mol. The highest BCUT2D eigenvalue weighted by atomic mass is 16.9. The minimum Gasteiger partial charge on any atom is -0.501 e. The quantitative estimate of drug-likeness (QED) is 0.392. The lowest BCUT2D eigenvalue weighted by atomic mass is 10.2. The average Bonchev–Trinajstić information content (AvgIpc) is 2.16. The fourth-order valence-electron chi connectivity index (χ4n) is 1.09. The molecular formula is C10H16O5. The lowest BCUT2D eigenvalue weighted by molar-refractivity contribution is -0.359. The molecule has 0 aliphatic carbocycles. The second kappa shape index (κ2) is 5.72. The van der Waals surface area contributed by atoms with Gasteiger partial charge < -0.3 is 18.9 Å². The van der Waals surface area contributed by atoms with E-state index in [1.165, 1.54) is 6.26 Å². The summed E-state index contributed by atoms with van der Waals surface area (Å²) >= 11 is 0. The molecule has 0 spiro atoms. The number of esters is 1. The third-order valence-corrected chi connectivity index (χ3v) is 1.77. The van der Waals surface area contributed by atoms with Crippen LogP contribution in [0.15, 0.2) is 11.8 Å². The third kappa shape index (κ3) is 3.21. The Labute approximate surface area is 88.9 Å². The molecule has 0 radical (unpaired) electrons. The van der Waals surface area contributed by atoms with Crippen molar-refractivity contribution < 1.29 is 23.7 Å². The number of carbonyl (C=O) groups is 1. The van der Waals surface area contributed by atoms with E-state index < -0.39 is 12.3 Å². The van der Waals surface area contributed by atoms with Crippen LogP contribution in [-0.4, -0.2) is 31.8 Å². The van der Waals surface area contributed by atoms with Crippen molar-refractivity contribution in [3.8, 4) is 0 Å². The van der Waals surface area contributed by atoms with Crippen LogP contribution < -0.4 is 0 Å². The lowest BCUT2D eigenvalue weighted by Gasteiger charge is -2.34. The maximum atomic E-state index is 11.5. The Morgan fingerprint density at radius 3 is 2.47 bits per heavy atom. The number of hydrogen-bond donors (Lipinski definition) is 0. The first kappa shape index (κ1) is 12.0. The van der Waals surface area contributed by atoms with E-state index in [1.54, 1.807) is 13.8 Å². The molecule has 0 amide bonds. The van der Waals surface area contributed by atoms with Gasteiger partial charge in [-0.1, -0.05) is 0 Å². The van der Waals surface area contributed by atoms with Crippen LogP contribution in [0.5, 0.6) is 0 Å². The summed E-state index contributed by atoms with van der Waals surface area (Å²) in [6.45, 7) is 6.10. The van der Waals surface area contributed by atoms with E-state index >= 15 is 0 Å². The van der Waals surface area contributed by atoms with Crippen LogP contribution in [0.1, 0.15) is 20.8 Å². The van der Waals surface area contributed by atoms with Crippen molar-refractivity contribution in [2.24, 2.45) is 0 Å². The maximum absolute atomic E-state index is 11.5. The summed E-state index contributed by atoms with van der Waals surface area (Å²) in [5.74, 6) is -0.470. The molecule has 0 aromatic carbocycles. The number of rotatable bonds is 5. The summed E-state index contributed by atoms with van der Waals surface area (Å²) in [6.07, 6.45) is 0.384. The van der Waals surface area contributed by atoms with Crippen LogP contribution in [0.25, 0.3) is 0 Å². The fourth-order valence-corrected chi connectivity index (χ4v) is 1.09. The van der Waals surface area contributed by atoms with Crippen LogP contribution in [0, 0.1) is 0 Å². The molecule has 1 rings (SSSR count). The number of carbonyl (C=O) groups excluding carboxylic acids is 1. The molecule has 5 heteroatoms. The van der Waals surface area contributed by atoms with Gasteiger partial charge in [-0.2, -0.15) is 0 Å². The molecule has 1 saturated heterocycles. The zero-order valence-corrected chi connectivity index (χ0v) is 9.19. The highest BCUT2D eigenvalue weighted by molar-refractivity contribution is 5.89. The molecule has 0 bridgehead atoms. The van der Waals surface area contributed by atoms with Crippen LogP contribution in [0.3, 0.4) is 0 Å². The van der Waals surface area contributed by atoms with Gasteiger partial charge in [0, 0.05) is 0 Å². The van der Waals surface area contributed by atoms with Gasteiger partial charge in [-0.05, 0) is 20.8 Å². The first-order valence-electron chi connectivity index (χ1n) is 4.98. The van der Waals surface area contributed by atoms with Crippen molar-refractivity contribution in [2.45, 2.75) is 33.4 Å². The number of hydrogen-bond acceptors (Lipinski definition) is 5. The summed E-state index contributed by atoms with van der Waals surface area (Å²) in [5.41, 5.74) is 0.261. The van der Waals surface area contributed by atoms with Gasteiger partial charge in [0.2, 0.25) is 0 Å². The molecule has 1 fully saturated rings. The highest BCUT2D eigenvalue weighted by Crippen LogP contribution is 2.23. The number of ether oxygens (including phenoxy) is 4. The monoisotopic (exact) mass is 216 g/mol. The van der Waals surface area contributed by atoms with Crippen LogP contribution >= 0.6 is 0 Å². The van der Waals surface area contributed by atoms with Gasteiger partial charge in [0.05, 0.1) is 19.5 Å². The smallest absolute Gasteiger partial charge is 0.342 e. The van der Waals surface area contributed by atoms with E-state index in [0.717, 1.165) is 0 Å². The minimum absolute atomic E-state index is 0.261.